The summed E-state index contributed by atoms with van der Waals surface area (Å²) in [4.78, 5) is 30.4. The van der Waals surface area contributed by atoms with Gasteiger partial charge in [-0.05, 0) is 25.5 Å². The van der Waals surface area contributed by atoms with Crippen LogP contribution in [0, 0.1) is 0 Å². The average molecular weight is 383 g/mol. The van der Waals surface area contributed by atoms with Crippen molar-refractivity contribution in [2.24, 2.45) is 0 Å². The van der Waals surface area contributed by atoms with Crippen LogP contribution >= 0.6 is 23.2 Å². The third-order valence-electron chi connectivity index (χ3n) is 4.02. The summed E-state index contributed by atoms with van der Waals surface area (Å²) < 4.78 is 5.11. The monoisotopic (exact) mass is 382 g/mol. The number of hydrogen-bond donors (Lipinski definition) is 1. The molecule has 0 spiro atoms. The number of benzene rings is 1. The van der Waals surface area contributed by atoms with Crippen molar-refractivity contribution >= 4 is 35.1 Å². The van der Waals surface area contributed by atoms with Gasteiger partial charge in [-0.1, -0.05) is 41.3 Å². The Hall–Kier alpha value is -2.12. The Balaban J connectivity index is 1.86. The molecule has 1 aliphatic rings. The van der Waals surface area contributed by atoms with E-state index in [0.717, 1.165) is 11.3 Å². The first-order chi connectivity index (χ1) is 11.8. The Morgan fingerprint density at radius 1 is 1.32 bits per heavy atom. The van der Waals surface area contributed by atoms with E-state index in [4.69, 9.17) is 27.7 Å². The minimum absolute atomic E-state index is 0.0951. The Bertz CT molecular complexity index is 839. The van der Waals surface area contributed by atoms with E-state index in [9.17, 15) is 9.59 Å². The second kappa shape index (κ2) is 6.65. The van der Waals surface area contributed by atoms with Gasteiger partial charge in [-0.3, -0.25) is 9.69 Å². The summed E-state index contributed by atoms with van der Waals surface area (Å²) in [5.41, 5.74) is -0.818. The zero-order valence-electron chi connectivity index (χ0n) is 13.7. The summed E-state index contributed by atoms with van der Waals surface area (Å²) in [6, 6.07) is 4.22. The summed E-state index contributed by atoms with van der Waals surface area (Å²) in [6.45, 7) is 3.50. The smallest absolute Gasteiger partial charge is 0.325 e. The van der Waals surface area contributed by atoms with Gasteiger partial charge in [-0.2, -0.15) is 4.98 Å². The molecule has 1 aromatic carbocycles. The fraction of sp³-hybridized carbons (Fsp3) is 0.375. The zero-order valence-corrected chi connectivity index (χ0v) is 15.2. The van der Waals surface area contributed by atoms with Crippen LogP contribution in [0.15, 0.2) is 22.7 Å². The van der Waals surface area contributed by atoms with Crippen molar-refractivity contribution in [2.75, 3.05) is 0 Å². The topological polar surface area (TPSA) is 88.3 Å². The molecule has 25 heavy (non-hydrogen) atoms. The van der Waals surface area contributed by atoms with Gasteiger partial charge in [0, 0.05) is 22.0 Å². The predicted octanol–water partition coefficient (Wildman–Crippen LogP) is 3.30. The van der Waals surface area contributed by atoms with Crippen LogP contribution in [0.5, 0.6) is 0 Å². The molecule has 0 bridgehead atoms. The lowest BCUT2D eigenvalue weighted by atomic mass is 9.92. The van der Waals surface area contributed by atoms with Crippen LogP contribution in [-0.4, -0.2) is 27.0 Å². The molecule has 2 aromatic rings. The number of halogens is 2. The van der Waals surface area contributed by atoms with Gasteiger partial charge < -0.3 is 9.84 Å². The molecular formula is C16H16Cl2N4O3. The van der Waals surface area contributed by atoms with Gasteiger partial charge in [0.25, 0.3) is 5.91 Å². The Morgan fingerprint density at radius 3 is 2.76 bits per heavy atom. The first-order valence-electron chi connectivity index (χ1n) is 7.76. The molecule has 0 aliphatic carbocycles. The maximum atomic E-state index is 12.9. The minimum atomic E-state index is -1.29. The highest BCUT2D eigenvalue weighted by molar-refractivity contribution is 6.35. The van der Waals surface area contributed by atoms with E-state index < -0.39 is 17.5 Å². The second-order valence-electron chi connectivity index (χ2n) is 5.92. The number of hydrogen-bond acceptors (Lipinski definition) is 5. The lowest BCUT2D eigenvalue weighted by Gasteiger charge is -2.23. The van der Waals surface area contributed by atoms with Gasteiger partial charge in [0.15, 0.2) is 5.82 Å². The molecule has 1 unspecified atom stereocenters. The molecule has 1 fully saturated rings. The van der Waals surface area contributed by atoms with Crippen molar-refractivity contribution in [3.63, 3.8) is 0 Å². The molecule has 9 heteroatoms. The summed E-state index contributed by atoms with van der Waals surface area (Å²) in [5, 5.41) is 7.25. The summed E-state index contributed by atoms with van der Waals surface area (Å²) >= 11 is 12.1. The number of nitrogens with one attached hydrogen (secondary N) is 1. The molecule has 1 aromatic heterocycles. The van der Waals surface area contributed by atoms with Crippen LogP contribution in [-0.2, 0) is 23.3 Å². The molecule has 132 valence electrons. The fourth-order valence-corrected chi connectivity index (χ4v) is 3.33. The van der Waals surface area contributed by atoms with Crippen LogP contribution in [0.2, 0.25) is 10.0 Å². The minimum Gasteiger partial charge on any atom is -0.337 e. The van der Waals surface area contributed by atoms with E-state index in [1.807, 2.05) is 6.92 Å². The van der Waals surface area contributed by atoms with Crippen molar-refractivity contribution < 1.29 is 14.1 Å². The SMILES string of the molecule is CCCc1noc(CN2C(=O)NC(C)(c3ccc(Cl)cc3Cl)C2=O)n1. The Kier molecular flexibility index (Phi) is 4.71. The molecule has 1 atom stereocenters. The first-order valence-corrected chi connectivity index (χ1v) is 8.52. The molecule has 0 radical (unpaired) electrons. The van der Waals surface area contributed by atoms with Crippen LogP contribution in [0.3, 0.4) is 0 Å². The van der Waals surface area contributed by atoms with Crippen molar-refractivity contribution in [3.05, 3.63) is 45.5 Å². The van der Waals surface area contributed by atoms with E-state index in [1.165, 1.54) is 6.07 Å². The number of amides is 3. The quantitative estimate of drug-likeness (QED) is 0.801. The Labute approximate surface area is 154 Å². The van der Waals surface area contributed by atoms with Gasteiger partial charge in [-0.25, -0.2) is 4.79 Å². The number of aryl methyl sites for hydroxylation is 1. The number of nitrogens with zero attached hydrogens (tertiary/aromatic N) is 3. The number of carbonyl (C=O) groups excluding carboxylic acids is 2. The zero-order chi connectivity index (χ0) is 18.2. The summed E-state index contributed by atoms with van der Waals surface area (Å²) in [5.74, 6) is 0.309. The third-order valence-corrected chi connectivity index (χ3v) is 4.57. The van der Waals surface area contributed by atoms with Crippen LogP contribution < -0.4 is 5.32 Å². The van der Waals surface area contributed by atoms with Crippen molar-refractivity contribution in [1.29, 1.82) is 0 Å². The van der Waals surface area contributed by atoms with Crippen molar-refractivity contribution in [2.45, 2.75) is 38.8 Å². The Morgan fingerprint density at radius 2 is 2.08 bits per heavy atom. The molecule has 0 saturated carbocycles. The van der Waals surface area contributed by atoms with E-state index in [2.05, 4.69) is 15.5 Å². The predicted molar refractivity (Wildman–Crippen MR) is 91.2 cm³/mol. The van der Waals surface area contributed by atoms with E-state index >= 15 is 0 Å². The van der Waals surface area contributed by atoms with E-state index in [-0.39, 0.29) is 12.4 Å². The third kappa shape index (κ3) is 3.21. The van der Waals surface area contributed by atoms with E-state index in [1.54, 1.807) is 19.1 Å². The number of aromatic nitrogens is 2. The van der Waals surface area contributed by atoms with Gasteiger partial charge in [-0.15, -0.1) is 0 Å². The lowest BCUT2D eigenvalue weighted by Crippen LogP contribution is -2.41. The van der Waals surface area contributed by atoms with Crippen LogP contribution in [0.1, 0.15) is 37.5 Å². The highest BCUT2D eigenvalue weighted by atomic mass is 35.5. The molecule has 3 amide bonds. The normalized spacial score (nSPS) is 20.2. The first kappa shape index (κ1) is 17.7. The van der Waals surface area contributed by atoms with Gasteiger partial charge in [0.05, 0.1) is 0 Å². The van der Waals surface area contributed by atoms with Crippen LogP contribution in [0.25, 0.3) is 0 Å². The van der Waals surface area contributed by atoms with Gasteiger partial charge >= 0.3 is 6.03 Å². The summed E-state index contributed by atoms with van der Waals surface area (Å²) in [6.07, 6.45) is 1.54. The maximum absolute atomic E-state index is 12.9. The molecule has 1 N–H and O–H groups in total. The molecule has 1 saturated heterocycles. The molecule has 1 aliphatic heterocycles. The van der Waals surface area contributed by atoms with Crippen LogP contribution in [0.4, 0.5) is 4.79 Å². The number of carbonyl (C=O) groups is 2. The maximum Gasteiger partial charge on any atom is 0.325 e. The van der Waals surface area contributed by atoms with Gasteiger partial charge in [0.2, 0.25) is 5.89 Å². The fourth-order valence-electron chi connectivity index (χ4n) is 2.73. The highest BCUT2D eigenvalue weighted by Crippen LogP contribution is 2.35. The van der Waals surface area contributed by atoms with E-state index in [0.29, 0.717) is 27.9 Å². The lowest BCUT2D eigenvalue weighted by molar-refractivity contribution is -0.131. The molecule has 2 heterocycles. The highest BCUT2D eigenvalue weighted by Gasteiger charge is 2.50. The molecular weight excluding hydrogens is 367 g/mol. The van der Waals surface area contributed by atoms with Crippen molar-refractivity contribution in [1.82, 2.24) is 20.4 Å². The van der Waals surface area contributed by atoms with Crippen molar-refractivity contribution in [3.8, 4) is 0 Å². The number of rotatable bonds is 5. The van der Waals surface area contributed by atoms with Gasteiger partial charge in [0.1, 0.15) is 12.1 Å². The standard InChI is InChI=1S/C16H16Cl2N4O3/c1-3-4-12-19-13(25-21-12)8-22-14(23)16(2,20-15(22)24)10-6-5-9(17)7-11(10)18/h5-7H,3-4,8H2,1-2H3,(H,20,24). The summed E-state index contributed by atoms with van der Waals surface area (Å²) in [7, 11) is 0. The molecule has 7 nitrogen and oxygen atoms in total. The average Bonchev–Trinajstić information content (AvgIpc) is 3.06. The molecule has 3 rings (SSSR count). The number of imide groups is 1. The second-order valence-corrected chi connectivity index (χ2v) is 6.77. The number of urea groups is 1. The largest absolute Gasteiger partial charge is 0.337 e.